The van der Waals surface area contributed by atoms with Crippen molar-refractivity contribution in [3.05, 3.63) is 54.2 Å². The van der Waals surface area contributed by atoms with Crippen molar-refractivity contribution in [2.45, 2.75) is 71.1 Å². The topological polar surface area (TPSA) is 53.4 Å². The van der Waals surface area contributed by atoms with Crippen LogP contribution in [-0.4, -0.2) is 22.6 Å². The van der Waals surface area contributed by atoms with Crippen LogP contribution in [0.5, 0.6) is 0 Å². The molecule has 0 aliphatic carbocycles. The van der Waals surface area contributed by atoms with Crippen LogP contribution >= 0.6 is 0 Å². The summed E-state index contributed by atoms with van der Waals surface area (Å²) >= 11 is 0. The van der Waals surface area contributed by atoms with Crippen LogP contribution < -0.4 is 4.90 Å². The molecule has 0 unspecified atom stereocenters. The lowest BCUT2D eigenvalue weighted by Gasteiger charge is -2.24. The Morgan fingerprint density at radius 1 is 0.857 bits per heavy atom. The van der Waals surface area contributed by atoms with Gasteiger partial charge in [-0.15, -0.1) is 0 Å². The van der Waals surface area contributed by atoms with Crippen molar-refractivity contribution in [3.63, 3.8) is 0 Å². The third-order valence-corrected chi connectivity index (χ3v) is 5.04. The molecule has 0 spiro atoms. The van der Waals surface area contributed by atoms with Crippen molar-refractivity contribution in [2.75, 3.05) is 11.4 Å². The number of hydrogen-bond acceptors (Lipinski definition) is 3. The van der Waals surface area contributed by atoms with E-state index in [0.717, 1.165) is 38.0 Å². The number of aliphatic carboxylic acids is 1. The first kappa shape index (κ1) is 21.9. The number of pyridine rings is 1. The summed E-state index contributed by atoms with van der Waals surface area (Å²) < 4.78 is 0. The maximum absolute atomic E-state index is 10.5. The van der Waals surface area contributed by atoms with Crippen molar-refractivity contribution >= 4 is 17.5 Å². The molecule has 4 heteroatoms. The highest BCUT2D eigenvalue weighted by Crippen LogP contribution is 2.24. The zero-order valence-electron chi connectivity index (χ0n) is 17.1. The van der Waals surface area contributed by atoms with E-state index in [-0.39, 0.29) is 0 Å². The lowest BCUT2D eigenvalue weighted by atomic mass is 10.1. The smallest absolute Gasteiger partial charge is 0.303 e. The molecular weight excluding hydrogens is 348 g/mol. The van der Waals surface area contributed by atoms with Crippen LogP contribution in [0.25, 0.3) is 0 Å². The fourth-order valence-electron chi connectivity index (χ4n) is 3.40. The second kappa shape index (κ2) is 12.9. The van der Waals surface area contributed by atoms with Gasteiger partial charge in [0.25, 0.3) is 0 Å². The average Bonchev–Trinajstić information content (AvgIpc) is 2.70. The molecule has 1 N–H and O–H groups in total. The Morgan fingerprint density at radius 3 is 2.04 bits per heavy atom. The van der Waals surface area contributed by atoms with E-state index >= 15 is 0 Å². The summed E-state index contributed by atoms with van der Waals surface area (Å²) in [5, 5.41) is 8.63. The van der Waals surface area contributed by atoms with E-state index in [1.807, 2.05) is 18.3 Å². The molecule has 1 heterocycles. The van der Waals surface area contributed by atoms with Crippen LogP contribution in [0.1, 0.15) is 69.8 Å². The fraction of sp³-hybridized carbons (Fsp3) is 0.500. The first-order chi connectivity index (χ1) is 13.7. The lowest BCUT2D eigenvalue weighted by molar-refractivity contribution is -0.137. The van der Waals surface area contributed by atoms with Crippen molar-refractivity contribution in [1.29, 1.82) is 0 Å². The summed E-state index contributed by atoms with van der Waals surface area (Å²) in [6, 6.07) is 14.7. The molecule has 0 radical (unpaired) electrons. The number of unbranched alkanes of at least 4 members (excludes halogenated alkanes) is 8. The number of carbonyl (C=O) groups is 1. The van der Waals surface area contributed by atoms with Crippen LogP contribution in [0, 0.1) is 6.92 Å². The molecule has 0 aliphatic heterocycles. The Hall–Kier alpha value is -2.36. The number of anilines is 2. The number of aromatic nitrogens is 1. The van der Waals surface area contributed by atoms with E-state index in [1.165, 1.54) is 43.4 Å². The number of benzene rings is 1. The maximum atomic E-state index is 10.5. The second-order valence-electron chi connectivity index (χ2n) is 7.50. The van der Waals surface area contributed by atoms with Gasteiger partial charge >= 0.3 is 5.97 Å². The van der Waals surface area contributed by atoms with Gasteiger partial charge in [-0.3, -0.25) is 4.79 Å². The summed E-state index contributed by atoms with van der Waals surface area (Å²) in [5.41, 5.74) is 2.47. The molecule has 28 heavy (non-hydrogen) atoms. The van der Waals surface area contributed by atoms with Crippen LogP contribution in [0.15, 0.2) is 48.7 Å². The first-order valence-electron chi connectivity index (χ1n) is 10.6. The highest BCUT2D eigenvalue weighted by molar-refractivity contribution is 5.66. The molecular formula is C24H34N2O2. The zero-order chi connectivity index (χ0) is 20.0. The Kier molecular flexibility index (Phi) is 10.1. The van der Waals surface area contributed by atoms with Gasteiger partial charge in [0.15, 0.2) is 0 Å². The van der Waals surface area contributed by atoms with Crippen LogP contribution in [-0.2, 0) is 4.79 Å². The summed E-state index contributed by atoms with van der Waals surface area (Å²) in [6.45, 7) is 3.09. The number of rotatable bonds is 14. The molecule has 2 rings (SSSR count). The molecule has 2 aromatic rings. The zero-order valence-corrected chi connectivity index (χ0v) is 17.1. The fourth-order valence-corrected chi connectivity index (χ4v) is 3.40. The molecule has 0 saturated carbocycles. The Morgan fingerprint density at radius 2 is 1.46 bits per heavy atom. The first-order valence-corrected chi connectivity index (χ1v) is 10.6. The maximum Gasteiger partial charge on any atom is 0.303 e. The van der Waals surface area contributed by atoms with E-state index in [9.17, 15) is 4.79 Å². The summed E-state index contributed by atoms with van der Waals surface area (Å²) in [6.07, 6.45) is 12.6. The van der Waals surface area contributed by atoms with E-state index in [0.29, 0.717) is 6.42 Å². The molecule has 152 valence electrons. The predicted octanol–water partition coefficient (Wildman–Crippen LogP) is 6.51. The van der Waals surface area contributed by atoms with Crippen LogP contribution in [0.2, 0.25) is 0 Å². The van der Waals surface area contributed by atoms with Gasteiger partial charge in [-0.2, -0.15) is 0 Å². The summed E-state index contributed by atoms with van der Waals surface area (Å²) in [4.78, 5) is 17.3. The van der Waals surface area contributed by atoms with Gasteiger partial charge in [0.05, 0.1) is 0 Å². The summed E-state index contributed by atoms with van der Waals surface area (Å²) in [5.74, 6) is 0.332. The summed E-state index contributed by atoms with van der Waals surface area (Å²) in [7, 11) is 0. The van der Waals surface area contributed by atoms with Gasteiger partial charge in [0.2, 0.25) is 0 Å². The van der Waals surface area contributed by atoms with E-state index in [1.54, 1.807) is 0 Å². The minimum atomic E-state index is -0.676. The van der Waals surface area contributed by atoms with E-state index < -0.39 is 5.97 Å². The molecule has 0 fully saturated rings. The average molecular weight is 383 g/mol. The third-order valence-electron chi connectivity index (χ3n) is 5.04. The number of aryl methyl sites for hydroxylation is 1. The number of carboxylic acid groups (broad SMARTS) is 1. The largest absolute Gasteiger partial charge is 0.481 e. The highest BCUT2D eigenvalue weighted by atomic mass is 16.4. The minimum absolute atomic E-state index is 0.313. The van der Waals surface area contributed by atoms with Gasteiger partial charge in [-0.25, -0.2) is 4.98 Å². The van der Waals surface area contributed by atoms with Crippen LogP contribution in [0.4, 0.5) is 11.5 Å². The molecule has 0 saturated heterocycles. The minimum Gasteiger partial charge on any atom is -0.481 e. The molecule has 0 aliphatic rings. The standard InChI is InChI=1S/C24H34N2O2/c1-21-15-17-22(18-16-21)26(23-13-10-11-19-25-23)20-12-8-6-4-2-3-5-7-9-14-24(27)28/h10-11,13,15-19H,2-9,12,14,20H2,1H3,(H,27,28). The number of carboxylic acids is 1. The Bertz CT molecular complexity index is 671. The molecule has 1 aromatic carbocycles. The SMILES string of the molecule is Cc1ccc(N(CCCCCCCCCCCC(=O)O)c2ccccn2)cc1. The Balaban J connectivity index is 1.66. The molecule has 4 nitrogen and oxygen atoms in total. The predicted molar refractivity (Wildman–Crippen MR) is 116 cm³/mol. The van der Waals surface area contributed by atoms with Crippen molar-refractivity contribution in [3.8, 4) is 0 Å². The normalized spacial score (nSPS) is 10.8. The molecule has 0 atom stereocenters. The second-order valence-corrected chi connectivity index (χ2v) is 7.50. The molecule has 0 amide bonds. The van der Waals surface area contributed by atoms with Gasteiger partial charge in [0.1, 0.15) is 5.82 Å². The molecule has 1 aromatic heterocycles. The van der Waals surface area contributed by atoms with E-state index in [4.69, 9.17) is 5.11 Å². The van der Waals surface area contributed by atoms with Gasteiger partial charge in [-0.05, 0) is 44.0 Å². The third kappa shape index (κ3) is 8.55. The quantitative estimate of drug-likeness (QED) is 0.378. The number of hydrogen-bond donors (Lipinski definition) is 1. The van der Waals surface area contributed by atoms with Gasteiger partial charge < -0.3 is 10.0 Å². The number of nitrogens with zero attached hydrogens (tertiary/aromatic N) is 2. The van der Waals surface area contributed by atoms with Crippen LogP contribution in [0.3, 0.4) is 0 Å². The molecule has 0 bridgehead atoms. The highest BCUT2D eigenvalue weighted by Gasteiger charge is 2.09. The lowest BCUT2D eigenvalue weighted by Crippen LogP contribution is -2.19. The van der Waals surface area contributed by atoms with Crippen molar-refractivity contribution in [1.82, 2.24) is 4.98 Å². The van der Waals surface area contributed by atoms with Gasteiger partial charge in [0, 0.05) is 24.8 Å². The van der Waals surface area contributed by atoms with Crippen molar-refractivity contribution < 1.29 is 9.90 Å². The van der Waals surface area contributed by atoms with Crippen molar-refractivity contribution in [2.24, 2.45) is 0 Å². The van der Waals surface area contributed by atoms with E-state index in [2.05, 4.69) is 47.1 Å². The van der Waals surface area contributed by atoms with Gasteiger partial charge in [-0.1, -0.05) is 68.7 Å². The Labute approximate surface area is 169 Å². The monoisotopic (exact) mass is 382 g/mol.